The number of aromatic nitrogens is 3. The van der Waals surface area contributed by atoms with Gasteiger partial charge < -0.3 is 9.64 Å². The van der Waals surface area contributed by atoms with Crippen LogP contribution in [0.4, 0.5) is 0 Å². The molecule has 0 aliphatic carbocycles. The molecule has 1 saturated heterocycles. The summed E-state index contributed by atoms with van der Waals surface area (Å²) in [5.74, 6) is 1.57. The maximum absolute atomic E-state index is 12.8. The molecule has 2 aromatic carbocycles. The highest BCUT2D eigenvalue weighted by Crippen LogP contribution is 2.23. The van der Waals surface area contributed by atoms with E-state index in [0.717, 1.165) is 41.7 Å². The van der Waals surface area contributed by atoms with Crippen molar-refractivity contribution in [2.45, 2.75) is 10.9 Å². The minimum atomic E-state index is 0.0846. The molecule has 2 heterocycles. The van der Waals surface area contributed by atoms with Gasteiger partial charge >= 0.3 is 0 Å². The van der Waals surface area contributed by atoms with Crippen LogP contribution in [0.15, 0.2) is 60.0 Å². The Labute approximate surface area is 190 Å². The number of halogens is 1. The molecule has 0 radical (unpaired) electrons. The third-order valence-corrected chi connectivity index (χ3v) is 6.39. The van der Waals surface area contributed by atoms with E-state index in [-0.39, 0.29) is 5.91 Å². The first-order chi connectivity index (χ1) is 15.2. The molecule has 1 amide bonds. The lowest BCUT2D eigenvalue weighted by Crippen LogP contribution is -2.49. The maximum atomic E-state index is 12.8. The van der Waals surface area contributed by atoms with Gasteiger partial charge in [0.1, 0.15) is 18.7 Å². The minimum absolute atomic E-state index is 0.0846. The van der Waals surface area contributed by atoms with Crippen molar-refractivity contribution in [3.05, 3.63) is 71.0 Å². The van der Waals surface area contributed by atoms with Crippen LogP contribution in [0.2, 0.25) is 5.02 Å². The molecule has 1 aromatic heterocycles. The molecule has 0 spiro atoms. The van der Waals surface area contributed by atoms with Crippen LogP contribution in [-0.4, -0.2) is 70.2 Å². The van der Waals surface area contributed by atoms with Gasteiger partial charge in [-0.05, 0) is 29.8 Å². The Morgan fingerprint density at radius 1 is 1.10 bits per heavy atom. The van der Waals surface area contributed by atoms with Gasteiger partial charge in [-0.25, -0.2) is 4.98 Å². The molecular weight excluding hydrogens is 434 g/mol. The van der Waals surface area contributed by atoms with E-state index in [0.29, 0.717) is 30.5 Å². The van der Waals surface area contributed by atoms with Crippen LogP contribution in [-0.2, 0) is 5.75 Å². The number of nitrogens with one attached hydrogen (secondary N) is 1. The van der Waals surface area contributed by atoms with Crippen molar-refractivity contribution in [1.29, 1.82) is 0 Å². The highest BCUT2D eigenvalue weighted by molar-refractivity contribution is 7.98. The number of amides is 1. The summed E-state index contributed by atoms with van der Waals surface area (Å²) < 4.78 is 5.77. The topological polar surface area (TPSA) is 74.4 Å². The van der Waals surface area contributed by atoms with E-state index in [1.807, 2.05) is 53.4 Å². The van der Waals surface area contributed by atoms with Crippen LogP contribution in [0.5, 0.6) is 5.75 Å². The molecule has 1 aliphatic rings. The minimum Gasteiger partial charge on any atom is -0.491 e. The molecule has 9 heteroatoms. The first-order valence-corrected chi connectivity index (χ1v) is 11.5. The number of ether oxygens (including phenoxy) is 1. The van der Waals surface area contributed by atoms with Crippen LogP contribution in [0.25, 0.3) is 0 Å². The second kappa shape index (κ2) is 10.7. The predicted molar refractivity (Wildman–Crippen MR) is 122 cm³/mol. The lowest BCUT2D eigenvalue weighted by Gasteiger charge is -2.34. The van der Waals surface area contributed by atoms with Gasteiger partial charge in [-0.15, -0.1) is 0 Å². The Morgan fingerprint density at radius 2 is 1.87 bits per heavy atom. The van der Waals surface area contributed by atoms with E-state index in [1.165, 1.54) is 6.33 Å². The Bertz CT molecular complexity index is 976. The molecule has 1 fully saturated rings. The Balaban J connectivity index is 1.20. The largest absolute Gasteiger partial charge is 0.491 e. The number of para-hydroxylation sites is 1. The lowest BCUT2D eigenvalue weighted by atomic mass is 10.1. The number of benzene rings is 2. The van der Waals surface area contributed by atoms with Gasteiger partial charge in [0.15, 0.2) is 5.16 Å². The number of thioether (sulfide) groups is 1. The van der Waals surface area contributed by atoms with Gasteiger partial charge in [-0.2, -0.15) is 5.10 Å². The molecule has 7 nitrogen and oxygen atoms in total. The number of aromatic amines is 1. The summed E-state index contributed by atoms with van der Waals surface area (Å²) in [6, 6.07) is 15.3. The quantitative estimate of drug-likeness (QED) is 0.521. The summed E-state index contributed by atoms with van der Waals surface area (Å²) >= 11 is 7.70. The van der Waals surface area contributed by atoms with Crippen molar-refractivity contribution in [2.24, 2.45) is 0 Å². The highest BCUT2D eigenvalue weighted by Gasteiger charge is 2.22. The van der Waals surface area contributed by atoms with Gasteiger partial charge in [-0.1, -0.05) is 47.6 Å². The summed E-state index contributed by atoms with van der Waals surface area (Å²) in [5, 5.41) is 8.08. The Morgan fingerprint density at radius 3 is 2.58 bits per heavy atom. The number of carbonyl (C=O) groups is 1. The fourth-order valence-electron chi connectivity index (χ4n) is 3.36. The van der Waals surface area contributed by atoms with Crippen molar-refractivity contribution in [3.63, 3.8) is 0 Å². The zero-order valence-corrected chi connectivity index (χ0v) is 18.6. The zero-order chi connectivity index (χ0) is 21.5. The number of carbonyl (C=O) groups excluding carboxylic acids is 1. The van der Waals surface area contributed by atoms with E-state index in [2.05, 4.69) is 20.1 Å². The van der Waals surface area contributed by atoms with Crippen molar-refractivity contribution in [1.82, 2.24) is 25.0 Å². The molecule has 1 N–H and O–H groups in total. The normalized spacial score (nSPS) is 14.5. The molecule has 0 bridgehead atoms. The van der Waals surface area contributed by atoms with Gasteiger partial charge in [0.05, 0.1) is 5.02 Å². The first-order valence-electron chi connectivity index (χ1n) is 10.1. The van der Waals surface area contributed by atoms with E-state index in [4.69, 9.17) is 16.3 Å². The molecule has 31 heavy (non-hydrogen) atoms. The smallest absolute Gasteiger partial charge is 0.253 e. The molecule has 0 saturated carbocycles. The molecule has 3 aromatic rings. The average molecular weight is 458 g/mol. The number of piperazine rings is 1. The van der Waals surface area contributed by atoms with Crippen molar-refractivity contribution in [2.75, 3.05) is 39.3 Å². The number of hydrogen-bond donors (Lipinski definition) is 1. The van der Waals surface area contributed by atoms with E-state index in [9.17, 15) is 4.79 Å². The number of nitrogens with zero attached hydrogens (tertiary/aromatic N) is 4. The average Bonchev–Trinajstić information content (AvgIpc) is 3.33. The van der Waals surface area contributed by atoms with Gasteiger partial charge in [0, 0.05) is 44.0 Å². The summed E-state index contributed by atoms with van der Waals surface area (Å²) in [6.45, 7) is 4.49. The third-order valence-electron chi connectivity index (χ3n) is 5.13. The molecule has 0 atom stereocenters. The standard InChI is InChI=1S/C22H24ClN5O2S/c23-19-3-1-2-4-20(19)30-14-13-27-9-11-28(12-10-27)21(29)18-7-5-17(6-8-18)15-31-22-24-16-25-26-22/h1-8,16H,9-15H2,(H,24,25,26). The van der Waals surface area contributed by atoms with Crippen LogP contribution in [0.1, 0.15) is 15.9 Å². The maximum Gasteiger partial charge on any atom is 0.253 e. The first kappa shape index (κ1) is 21.7. The molecule has 4 rings (SSSR count). The number of H-pyrrole nitrogens is 1. The van der Waals surface area contributed by atoms with Crippen LogP contribution in [0, 0.1) is 0 Å². The second-order valence-corrected chi connectivity index (χ2v) is 8.56. The summed E-state index contributed by atoms with van der Waals surface area (Å²) in [6.07, 6.45) is 1.50. The van der Waals surface area contributed by atoms with E-state index >= 15 is 0 Å². The number of rotatable bonds is 8. The Kier molecular flexibility index (Phi) is 7.45. The van der Waals surface area contributed by atoms with E-state index in [1.54, 1.807) is 11.8 Å². The SMILES string of the molecule is O=C(c1ccc(CSc2ncn[nH]2)cc1)N1CCN(CCOc2ccccc2Cl)CC1. The number of hydrogen-bond acceptors (Lipinski definition) is 6. The lowest BCUT2D eigenvalue weighted by molar-refractivity contribution is 0.0620. The second-order valence-electron chi connectivity index (χ2n) is 7.19. The van der Waals surface area contributed by atoms with Crippen molar-refractivity contribution >= 4 is 29.3 Å². The van der Waals surface area contributed by atoms with Gasteiger partial charge in [0.2, 0.25) is 0 Å². The molecular formula is C22H24ClN5O2S. The monoisotopic (exact) mass is 457 g/mol. The molecule has 1 aliphatic heterocycles. The third kappa shape index (κ3) is 6.00. The van der Waals surface area contributed by atoms with Crippen molar-refractivity contribution < 1.29 is 9.53 Å². The Hall–Kier alpha value is -2.55. The highest BCUT2D eigenvalue weighted by atomic mass is 35.5. The molecule has 162 valence electrons. The predicted octanol–water partition coefficient (Wildman–Crippen LogP) is 3.59. The van der Waals surface area contributed by atoms with Crippen LogP contribution in [0.3, 0.4) is 0 Å². The fraction of sp³-hybridized carbons (Fsp3) is 0.318. The van der Waals surface area contributed by atoms with Crippen LogP contribution < -0.4 is 4.74 Å². The van der Waals surface area contributed by atoms with Crippen LogP contribution >= 0.6 is 23.4 Å². The van der Waals surface area contributed by atoms with Gasteiger partial charge in [0.25, 0.3) is 5.91 Å². The van der Waals surface area contributed by atoms with E-state index < -0.39 is 0 Å². The summed E-state index contributed by atoms with van der Waals surface area (Å²) in [5.41, 5.74) is 1.87. The summed E-state index contributed by atoms with van der Waals surface area (Å²) in [4.78, 5) is 21.2. The van der Waals surface area contributed by atoms with Gasteiger partial charge in [-0.3, -0.25) is 14.8 Å². The van der Waals surface area contributed by atoms with Crippen molar-refractivity contribution in [3.8, 4) is 5.75 Å². The fourth-order valence-corrected chi connectivity index (χ4v) is 4.29. The zero-order valence-electron chi connectivity index (χ0n) is 17.0. The summed E-state index contributed by atoms with van der Waals surface area (Å²) in [7, 11) is 0. The molecule has 0 unspecified atom stereocenters.